The molecule has 5 heteroatoms. The number of hydrogen-bond donors (Lipinski definition) is 1. The van der Waals surface area contributed by atoms with Gasteiger partial charge in [-0.3, -0.25) is 4.79 Å². The van der Waals surface area contributed by atoms with Crippen LogP contribution in [0.2, 0.25) is 0 Å². The molecule has 0 saturated heterocycles. The van der Waals surface area contributed by atoms with Crippen molar-refractivity contribution in [3.8, 4) is 5.75 Å². The molecule has 2 aromatic carbocycles. The van der Waals surface area contributed by atoms with Crippen LogP contribution >= 0.6 is 31.9 Å². The van der Waals surface area contributed by atoms with E-state index < -0.39 is 4.83 Å². The molecule has 2 aromatic rings. The van der Waals surface area contributed by atoms with Gasteiger partial charge in [-0.2, -0.15) is 0 Å². The second-order valence-electron chi connectivity index (χ2n) is 4.40. The van der Waals surface area contributed by atoms with Crippen LogP contribution in [0.3, 0.4) is 0 Å². The minimum atomic E-state index is -0.398. The van der Waals surface area contributed by atoms with E-state index in [2.05, 4.69) is 37.2 Å². The number of benzene rings is 2. The predicted octanol–water partition coefficient (Wildman–Crippen LogP) is 4.53. The number of methoxy groups -OCH3 is 1. The number of hydrogen-bond acceptors (Lipinski definition) is 2. The molecule has 0 fully saturated rings. The van der Waals surface area contributed by atoms with Crippen molar-refractivity contribution in [2.45, 2.75) is 9.65 Å². The van der Waals surface area contributed by atoms with Crippen molar-refractivity contribution < 1.29 is 9.53 Å². The van der Waals surface area contributed by atoms with Gasteiger partial charge in [0, 0.05) is 0 Å². The number of halogens is 2. The molecule has 21 heavy (non-hydrogen) atoms. The van der Waals surface area contributed by atoms with Gasteiger partial charge in [0.25, 0.3) is 0 Å². The van der Waals surface area contributed by atoms with Crippen molar-refractivity contribution in [3.05, 3.63) is 60.2 Å². The molecule has 2 rings (SSSR count). The summed E-state index contributed by atoms with van der Waals surface area (Å²) in [7, 11) is 1.58. The lowest BCUT2D eigenvalue weighted by Crippen LogP contribution is -2.26. The van der Waals surface area contributed by atoms with Crippen LogP contribution in [0.25, 0.3) is 0 Å². The van der Waals surface area contributed by atoms with Gasteiger partial charge in [0.1, 0.15) is 10.6 Å². The third-order valence-corrected chi connectivity index (χ3v) is 5.70. The Bertz CT molecular complexity index is 604. The molecule has 0 heterocycles. The zero-order valence-electron chi connectivity index (χ0n) is 11.4. The number of anilines is 1. The van der Waals surface area contributed by atoms with Gasteiger partial charge in [-0.05, 0) is 17.7 Å². The summed E-state index contributed by atoms with van der Waals surface area (Å²) in [5.74, 6) is 0.501. The summed E-state index contributed by atoms with van der Waals surface area (Å²) in [5, 5.41) is 2.87. The van der Waals surface area contributed by atoms with Gasteiger partial charge in [0.2, 0.25) is 5.91 Å². The maximum atomic E-state index is 12.4. The van der Waals surface area contributed by atoms with E-state index in [1.807, 2.05) is 54.6 Å². The van der Waals surface area contributed by atoms with Crippen molar-refractivity contribution in [1.29, 1.82) is 0 Å². The highest BCUT2D eigenvalue weighted by atomic mass is 79.9. The zero-order valence-corrected chi connectivity index (χ0v) is 14.6. The minimum Gasteiger partial charge on any atom is -0.495 e. The van der Waals surface area contributed by atoms with E-state index in [-0.39, 0.29) is 10.7 Å². The molecular formula is C16H15Br2NO2. The number of nitrogens with one attached hydrogen (secondary N) is 1. The van der Waals surface area contributed by atoms with Gasteiger partial charge in [0.05, 0.1) is 17.6 Å². The summed E-state index contributed by atoms with van der Waals surface area (Å²) >= 11 is 7.01. The van der Waals surface area contributed by atoms with Crippen LogP contribution < -0.4 is 10.1 Å². The first-order valence-electron chi connectivity index (χ1n) is 6.40. The molecule has 0 radical (unpaired) electrons. The summed E-state index contributed by atoms with van der Waals surface area (Å²) < 4.78 is 5.23. The Morgan fingerprint density at radius 1 is 1.05 bits per heavy atom. The molecule has 2 atom stereocenters. The Morgan fingerprint density at radius 2 is 1.67 bits per heavy atom. The third-order valence-electron chi connectivity index (χ3n) is 2.99. The van der Waals surface area contributed by atoms with Crippen LogP contribution in [-0.2, 0) is 4.79 Å². The fraction of sp³-hybridized carbons (Fsp3) is 0.188. The quantitative estimate of drug-likeness (QED) is 0.732. The van der Waals surface area contributed by atoms with Crippen LogP contribution in [0.1, 0.15) is 10.4 Å². The van der Waals surface area contributed by atoms with Crippen LogP contribution in [0.4, 0.5) is 5.69 Å². The smallest absolute Gasteiger partial charge is 0.239 e. The Kier molecular flexibility index (Phi) is 5.82. The fourth-order valence-corrected chi connectivity index (χ4v) is 2.85. The number of carbonyl (C=O) groups excluding carboxylic acids is 1. The second-order valence-corrected chi connectivity index (χ2v) is 6.38. The Hall–Kier alpha value is -1.33. The van der Waals surface area contributed by atoms with E-state index in [0.717, 1.165) is 5.56 Å². The summed E-state index contributed by atoms with van der Waals surface area (Å²) in [6, 6.07) is 17.1. The van der Waals surface area contributed by atoms with Crippen molar-refractivity contribution in [3.63, 3.8) is 0 Å². The second kappa shape index (κ2) is 7.61. The molecule has 0 spiro atoms. The molecule has 0 saturated carbocycles. The lowest BCUT2D eigenvalue weighted by Gasteiger charge is -2.18. The van der Waals surface area contributed by atoms with E-state index in [0.29, 0.717) is 11.4 Å². The van der Waals surface area contributed by atoms with Crippen molar-refractivity contribution in [2.75, 3.05) is 12.4 Å². The highest BCUT2D eigenvalue weighted by Gasteiger charge is 2.25. The number of rotatable bonds is 5. The maximum Gasteiger partial charge on any atom is 0.239 e. The largest absolute Gasteiger partial charge is 0.495 e. The molecule has 0 unspecified atom stereocenters. The highest BCUT2D eigenvalue weighted by Crippen LogP contribution is 2.32. The topological polar surface area (TPSA) is 38.3 Å². The fourth-order valence-electron chi connectivity index (χ4n) is 1.89. The average molecular weight is 413 g/mol. The van der Waals surface area contributed by atoms with Crippen molar-refractivity contribution in [1.82, 2.24) is 0 Å². The minimum absolute atomic E-state index is 0.117. The van der Waals surface area contributed by atoms with Gasteiger partial charge in [-0.25, -0.2) is 0 Å². The zero-order chi connectivity index (χ0) is 15.2. The summed E-state index contributed by atoms with van der Waals surface area (Å²) in [6.45, 7) is 0. The first-order valence-corrected chi connectivity index (χ1v) is 8.23. The molecular weight excluding hydrogens is 398 g/mol. The molecule has 1 N–H and O–H groups in total. The first-order chi connectivity index (χ1) is 10.1. The molecule has 0 aliphatic rings. The molecule has 0 aliphatic carbocycles. The van der Waals surface area contributed by atoms with Gasteiger partial charge >= 0.3 is 0 Å². The van der Waals surface area contributed by atoms with Gasteiger partial charge in [-0.1, -0.05) is 74.3 Å². The SMILES string of the molecule is COc1ccccc1NC(=O)[C@H](Br)[C@H](Br)c1ccccc1. The van der Waals surface area contributed by atoms with E-state index in [1.54, 1.807) is 7.11 Å². The van der Waals surface area contributed by atoms with Gasteiger partial charge in [0.15, 0.2) is 0 Å². The number of para-hydroxylation sites is 2. The summed E-state index contributed by atoms with van der Waals surface area (Å²) in [5.41, 5.74) is 1.69. The Morgan fingerprint density at radius 3 is 2.33 bits per heavy atom. The lowest BCUT2D eigenvalue weighted by atomic mass is 10.1. The van der Waals surface area contributed by atoms with E-state index in [1.165, 1.54) is 0 Å². The van der Waals surface area contributed by atoms with Crippen LogP contribution in [0.15, 0.2) is 54.6 Å². The van der Waals surface area contributed by atoms with Gasteiger partial charge in [-0.15, -0.1) is 0 Å². The highest BCUT2D eigenvalue weighted by molar-refractivity contribution is 9.12. The van der Waals surface area contributed by atoms with E-state index in [4.69, 9.17) is 4.74 Å². The predicted molar refractivity (Wildman–Crippen MR) is 92.4 cm³/mol. The molecule has 110 valence electrons. The third kappa shape index (κ3) is 4.08. The van der Waals surface area contributed by atoms with Crippen molar-refractivity contribution in [2.24, 2.45) is 0 Å². The number of alkyl halides is 2. The van der Waals surface area contributed by atoms with Crippen LogP contribution in [0, 0.1) is 0 Å². The monoisotopic (exact) mass is 411 g/mol. The summed E-state index contributed by atoms with van der Waals surface area (Å²) in [4.78, 5) is 11.8. The molecule has 0 aliphatic heterocycles. The van der Waals surface area contributed by atoms with E-state index in [9.17, 15) is 4.79 Å². The molecule has 1 amide bonds. The van der Waals surface area contributed by atoms with Crippen LogP contribution in [0.5, 0.6) is 5.75 Å². The Labute approximate surface area is 141 Å². The maximum absolute atomic E-state index is 12.4. The number of carbonyl (C=O) groups is 1. The van der Waals surface area contributed by atoms with Crippen LogP contribution in [-0.4, -0.2) is 17.8 Å². The molecule has 3 nitrogen and oxygen atoms in total. The summed E-state index contributed by atoms with van der Waals surface area (Å²) in [6.07, 6.45) is 0. The standard InChI is InChI=1S/C16H15Br2NO2/c1-21-13-10-6-5-9-12(13)19-16(20)15(18)14(17)11-7-3-2-4-8-11/h2-10,14-15H,1H3,(H,19,20)/t14-,15-/m1/s1. The first kappa shape index (κ1) is 16.0. The molecule has 0 bridgehead atoms. The number of amides is 1. The molecule has 0 aromatic heterocycles. The lowest BCUT2D eigenvalue weighted by molar-refractivity contribution is -0.115. The average Bonchev–Trinajstić information content (AvgIpc) is 2.54. The normalized spacial score (nSPS) is 13.3. The van der Waals surface area contributed by atoms with E-state index >= 15 is 0 Å². The van der Waals surface area contributed by atoms with Crippen molar-refractivity contribution >= 4 is 43.5 Å². The van der Waals surface area contributed by atoms with Gasteiger partial charge < -0.3 is 10.1 Å². The Balaban J connectivity index is 2.09. The number of ether oxygens (including phenoxy) is 1.